The van der Waals surface area contributed by atoms with E-state index in [9.17, 15) is 0 Å². The third kappa shape index (κ3) is 2.76. The number of hydrogen-bond donors (Lipinski definition) is 0. The number of aryl methyl sites for hydroxylation is 1. The summed E-state index contributed by atoms with van der Waals surface area (Å²) >= 11 is 1.48. The summed E-state index contributed by atoms with van der Waals surface area (Å²) in [5, 5.41) is 15.1. The van der Waals surface area contributed by atoms with Crippen LogP contribution in [0.3, 0.4) is 0 Å². The number of aromatic nitrogens is 4. The van der Waals surface area contributed by atoms with Crippen LogP contribution in [-0.4, -0.2) is 26.9 Å². The summed E-state index contributed by atoms with van der Waals surface area (Å²) in [6.07, 6.45) is 3.98. The molecule has 0 amide bonds. The fraction of sp³-hybridized carbons (Fsp3) is 0.0952. The van der Waals surface area contributed by atoms with Gasteiger partial charge in [-0.3, -0.25) is 0 Å². The van der Waals surface area contributed by atoms with Gasteiger partial charge in [0.05, 0.1) is 7.11 Å². The number of hydrogen-bond acceptors (Lipinski definition) is 6. The van der Waals surface area contributed by atoms with E-state index in [1.54, 1.807) is 11.6 Å². The number of benzene rings is 2. The van der Waals surface area contributed by atoms with Crippen LogP contribution in [-0.2, 0) is 0 Å². The van der Waals surface area contributed by atoms with Gasteiger partial charge < -0.3 is 9.15 Å². The summed E-state index contributed by atoms with van der Waals surface area (Å²) in [4.78, 5) is 0.726. The van der Waals surface area contributed by atoms with Crippen molar-refractivity contribution in [2.24, 2.45) is 0 Å². The number of furan rings is 1. The molecule has 3 aromatic heterocycles. The van der Waals surface area contributed by atoms with E-state index in [2.05, 4.69) is 15.3 Å². The Hall–Kier alpha value is -3.45. The van der Waals surface area contributed by atoms with E-state index in [0.29, 0.717) is 11.6 Å². The second kappa shape index (κ2) is 6.61. The molecule has 0 bridgehead atoms. The first-order valence-electron chi connectivity index (χ1n) is 8.76. The highest BCUT2D eigenvalue weighted by Crippen LogP contribution is 2.32. The zero-order chi connectivity index (χ0) is 19.1. The summed E-state index contributed by atoms with van der Waals surface area (Å²) in [5.41, 5.74) is 2.94. The third-order valence-corrected chi connectivity index (χ3v) is 5.45. The summed E-state index contributed by atoms with van der Waals surface area (Å²) in [7, 11) is 1.66. The van der Waals surface area contributed by atoms with E-state index in [1.165, 1.54) is 11.3 Å². The van der Waals surface area contributed by atoms with Crippen LogP contribution >= 0.6 is 11.3 Å². The van der Waals surface area contributed by atoms with Crippen molar-refractivity contribution in [3.8, 4) is 17.3 Å². The van der Waals surface area contributed by atoms with E-state index in [4.69, 9.17) is 9.15 Å². The molecule has 0 fully saturated rings. The number of nitrogens with zero attached hydrogens (tertiary/aromatic N) is 4. The van der Waals surface area contributed by atoms with Crippen molar-refractivity contribution in [1.82, 2.24) is 19.8 Å². The monoisotopic (exact) mass is 388 g/mol. The Morgan fingerprint density at radius 2 is 1.86 bits per heavy atom. The maximum absolute atomic E-state index is 6.02. The van der Waals surface area contributed by atoms with Crippen LogP contribution in [0, 0.1) is 6.92 Å². The smallest absolute Gasteiger partial charge is 0.235 e. The molecule has 28 heavy (non-hydrogen) atoms. The Balaban J connectivity index is 1.51. The fourth-order valence-corrected chi connectivity index (χ4v) is 3.85. The molecule has 138 valence electrons. The molecule has 0 aliphatic carbocycles. The molecule has 0 saturated carbocycles. The van der Waals surface area contributed by atoms with E-state index in [1.807, 2.05) is 67.6 Å². The topological polar surface area (TPSA) is 65.5 Å². The van der Waals surface area contributed by atoms with Crippen LogP contribution in [0.25, 0.3) is 39.7 Å². The van der Waals surface area contributed by atoms with Crippen LogP contribution in [0.4, 0.5) is 0 Å². The summed E-state index contributed by atoms with van der Waals surface area (Å²) < 4.78 is 12.9. The first-order valence-corrected chi connectivity index (χ1v) is 9.57. The van der Waals surface area contributed by atoms with Gasteiger partial charge in [-0.05, 0) is 36.8 Å². The van der Waals surface area contributed by atoms with Gasteiger partial charge >= 0.3 is 0 Å². The quantitative estimate of drug-likeness (QED) is 0.429. The summed E-state index contributed by atoms with van der Waals surface area (Å²) in [6, 6.07) is 15.8. The molecule has 0 spiro atoms. The van der Waals surface area contributed by atoms with Crippen molar-refractivity contribution < 1.29 is 9.15 Å². The maximum Gasteiger partial charge on any atom is 0.235 e. The lowest BCUT2D eigenvalue weighted by Crippen LogP contribution is -1.90. The molecule has 6 nitrogen and oxygen atoms in total. The van der Waals surface area contributed by atoms with Gasteiger partial charge in [0.2, 0.25) is 10.8 Å². The Bertz CT molecular complexity index is 1310. The predicted molar refractivity (Wildman–Crippen MR) is 111 cm³/mol. The Morgan fingerprint density at radius 3 is 2.64 bits per heavy atom. The molecule has 0 unspecified atom stereocenters. The standard InChI is InChI=1S/C21H16N4O2S/c1-13-16-5-3-4-6-17(16)27-19(13)20-22-23-21-25(20)24-18(28-21)12-9-14-7-10-15(26-2)11-8-14/h3-12H,1-2H3/b12-9+. The summed E-state index contributed by atoms with van der Waals surface area (Å²) in [5.74, 6) is 2.15. The molecule has 0 saturated heterocycles. The number of ether oxygens (including phenoxy) is 1. The number of para-hydroxylation sites is 1. The number of fused-ring (bicyclic) bond motifs is 2. The first kappa shape index (κ1) is 16.7. The van der Waals surface area contributed by atoms with Crippen molar-refractivity contribution in [3.05, 3.63) is 64.7 Å². The maximum atomic E-state index is 6.02. The molecular formula is C21H16N4O2S. The van der Waals surface area contributed by atoms with Gasteiger partial charge in [0.25, 0.3) is 0 Å². The van der Waals surface area contributed by atoms with Crippen molar-refractivity contribution >= 4 is 39.4 Å². The minimum Gasteiger partial charge on any atom is -0.497 e. The lowest BCUT2D eigenvalue weighted by atomic mass is 10.1. The highest BCUT2D eigenvalue weighted by molar-refractivity contribution is 7.17. The summed E-state index contributed by atoms with van der Waals surface area (Å²) in [6.45, 7) is 2.03. The van der Waals surface area contributed by atoms with Gasteiger partial charge in [0.15, 0.2) is 5.76 Å². The van der Waals surface area contributed by atoms with E-state index in [-0.39, 0.29) is 0 Å². The molecule has 2 aromatic carbocycles. The van der Waals surface area contributed by atoms with Crippen LogP contribution in [0.15, 0.2) is 52.9 Å². The molecule has 0 N–H and O–H groups in total. The SMILES string of the molecule is COc1ccc(/C=C/c2nn3c(-c4oc5ccccc5c4C)nnc3s2)cc1. The van der Waals surface area contributed by atoms with Gasteiger partial charge in [-0.15, -0.1) is 10.2 Å². The number of methoxy groups -OCH3 is 1. The van der Waals surface area contributed by atoms with Gasteiger partial charge in [0.1, 0.15) is 16.3 Å². The van der Waals surface area contributed by atoms with Crippen molar-refractivity contribution in [3.63, 3.8) is 0 Å². The van der Waals surface area contributed by atoms with Crippen LogP contribution in [0.5, 0.6) is 5.75 Å². The Morgan fingerprint density at radius 1 is 1.04 bits per heavy atom. The highest BCUT2D eigenvalue weighted by Gasteiger charge is 2.19. The number of rotatable bonds is 4. The highest BCUT2D eigenvalue weighted by atomic mass is 32.1. The predicted octanol–water partition coefficient (Wildman–Crippen LogP) is 5.09. The molecule has 5 rings (SSSR count). The lowest BCUT2D eigenvalue weighted by molar-refractivity contribution is 0.415. The van der Waals surface area contributed by atoms with E-state index >= 15 is 0 Å². The molecule has 0 atom stereocenters. The van der Waals surface area contributed by atoms with Crippen molar-refractivity contribution in [2.75, 3.05) is 7.11 Å². The fourth-order valence-electron chi connectivity index (χ4n) is 3.11. The molecule has 0 radical (unpaired) electrons. The minimum atomic E-state index is 0.615. The molecule has 3 heterocycles. The first-order chi connectivity index (χ1) is 13.7. The molecule has 5 aromatic rings. The van der Waals surface area contributed by atoms with Crippen molar-refractivity contribution in [2.45, 2.75) is 6.92 Å². The van der Waals surface area contributed by atoms with Crippen LogP contribution in [0.2, 0.25) is 0 Å². The minimum absolute atomic E-state index is 0.615. The Kier molecular flexibility index (Phi) is 3.95. The average Bonchev–Trinajstić information content (AvgIpc) is 3.40. The van der Waals surface area contributed by atoms with Gasteiger partial charge in [-0.25, -0.2) is 0 Å². The van der Waals surface area contributed by atoms with Crippen LogP contribution < -0.4 is 4.74 Å². The molecule has 0 aliphatic rings. The van der Waals surface area contributed by atoms with Gasteiger partial charge in [-0.1, -0.05) is 47.7 Å². The van der Waals surface area contributed by atoms with Gasteiger partial charge in [0, 0.05) is 10.9 Å². The third-order valence-electron chi connectivity index (χ3n) is 4.59. The van der Waals surface area contributed by atoms with E-state index in [0.717, 1.165) is 37.8 Å². The van der Waals surface area contributed by atoms with Crippen LogP contribution in [0.1, 0.15) is 16.1 Å². The zero-order valence-electron chi connectivity index (χ0n) is 15.3. The molecule has 0 aliphatic heterocycles. The van der Waals surface area contributed by atoms with Crippen molar-refractivity contribution in [1.29, 1.82) is 0 Å². The zero-order valence-corrected chi connectivity index (χ0v) is 16.1. The normalized spacial score (nSPS) is 11.8. The second-order valence-electron chi connectivity index (χ2n) is 6.32. The largest absolute Gasteiger partial charge is 0.497 e. The average molecular weight is 388 g/mol. The molecular weight excluding hydrogens is 372 g/mol. The Labute approximate surface area is 164 Å². The second-order valence-corrected chi connectivity index (χ2v) is 7.30. The van der Waals surface area contributed by atoms with E-state index < -0.39 is 0 Å². The molecule has 7 heteroatoms. The lowest BCUT2D eigenvalue weighted by Gasteiger charge is -1.98. The van der Waals surface area contributed by atoms with Gasteiger partial charge in [-0.2, -0.15) is 9.61 Å².